The van der Waals surface area contributed by atoms with Crippen LogP contribution >= 0.6 is 8.18 Å². The summed E-state index contributed by atoms with van der Waals surface area (Å²) >= 11 is 0. The van der Waals surface area contributed by atoms with Crippen LogP contribution in [0.5, 0.6) is 5.75 Å². The lowest BCUT2D eigenvalue weighted by Gasteiger charge is -2.20. The molecule has 0 amide bonds. The quantitative estimate of drug-likeness (QED) is 0.127. The fraction of sp³-hybridized carbons (Fsp3) is 0.455. The molecule has 0 spiro atoms. The molecule has 0 aliphatic heterocycles. The van der Waals surface area contributed by atoms with Gasteiger partial charge in [-0.2, -0.15) is 0 Å². The number of aliphatic hydroxyl groups is 3. The molecular weight excluding hydrogens is 435 g/mol. The van der Waals surface area contributed by atoms with E-state index in [2.05, 4.69) is 16.8 Å². The second-order valence-corrected chi connectivity index (χ2v) is 8.50. The third-order valence-corrected chi connectivity index (χ3v) is 5.52. The van der Waals surface area contributed by atoms with Crippen molar-refractivity contribution in [2.75, 3.05) is 6.61 Å². The molecule has 1 rings (SSSR count). The van der Waals surface area contributed by atoms with Crippen molar-refractivity contribution in [3.63, 3.8) is 0 Å². The van der Waals surface area contributed by atoms with Crippen LogP contribution in [0.25, 0.3) is 0 Å². The zero-order chi connectivity index (χ0) is 24.6. The van der Waals surface area contributed by atoms with E-state index < -0.39 is 32.9 Å². The highest BCUT2D eigenvalue weighted by atomic mass is 31.1. The predicted molar refractivity (Wildman–Crippen MR) is 123 cm³/mol. The lowest BCUT2D eigenvalue weighted by atomic mass is 9.92. The smallest absolute Gasteiger partial charge is 0.506 e. The molecule has 3 atom stereocenters. The summed E-state index contributed by atoms with van der Waals surface area (Å²) in [5, 5.41) is 33.6. The highest BCUT2D eigenvalue weighted by molar-refractivity contribution is 7.37. The number of aliphatic hydroxyl groups excluding tert-OH is 3. The highest BCUT2D eigenvalue weighted by Gasteiger charge is 2.30. The van der Waals surface area contributed by atoms with Crippen LogP contribution in [0.3, 0.4) is 0 Å². The van der Waals surface area contributed by atoms with Gasteiger partial charge in [0.2, 0.25) is 0 Å². The van der Waals surface area contributed by atoms with Gasteiger partial charge in [-0.1, -0.05) is 11.2 Å². The summed E-state index contributed by atoms with van der Waals surface area (Å²) in [6.07, 6.45) is -1.63. The van der Waals surface area contributed by atoms with E-state index in [9.17, 15) is 24.7 Å². The Morgan fingerprint density at radius 2 is 1.91 bits per heavy atom. The van der Waals surface area contributed by atoms with Crippen LogP contribution in [0.15, 0.2) is 45.8 Å². The van der Waals surface area contributed by atoms with Crippen molar-refractivity contribution < 1.29 is 33.9 Å². The number of nitrogens with one attached hydrogen (secondary N) is 1. The number of rotatable bonds is 11. The van der Waals surface area contributed by atoms with Gasteiger partial charge in [0.05, 0.1) is 18.4 Å². The van der Waals surface area contributed by atoms with Crippen LogP contribution in [-0.4, -0.2) is 46.8 Å². The zero-order valence-electron chi connectivity index (χ0n) is 19.2. The minimum atomic E-state index is -2.47. The molecule has 9 nitrogen and oxygen atoms in total. The zero-order valence-corrected chi connectivity index (χ0v) is 20.1. The number of nitrogens with zero attached hydrogens (tertiary/aromatic N) is 1. The molecule has 4 N–H and O–H groups in total. The normalized spacial score (nSPS) is 15.3. The molecule has 32 heavy (non-hydrogen) atoms. The SMILES string of the molecule is C=N/C(C)=C(O)\C(=C(/C)CO)C(O)c1cc(O[P+](=O)N[C@@H](C)C(=O)OC(C)C)ccc1C. The molecular formula is C22H32N2O7P+. The van der Waals surface area contributed by atoms with Gasteiger partial charge in [-0.05, 0) is 77.1 Å². The van der Waals surface area contributed by atoms with Gasteiger partial charge in [0.1, 0.15) is 17.9 Å². The van der Waals surface area contributed by atoms with Crippen LogP contribution in [0, 0.1) is 6.92 Å². The maximum atomic E-state index is 12.3. The van der Waals surface area contributed by atoms with Crippen LogP contribution < -0.4 is 9.61 Å². The molecule has 0 saturated heterocycles. The average molecular weight is 467 g/mol. The third-order valence-electron chi connectivity index (χ3n) is 4.54. The van der Waals surface area contributed by atoms with Crippen molar-refractivity contribution in [2.45, 2.75) is 59.8 Å². The molecule has 0 saturated carbocycles. The summed E-state index contributed by atoms with van der Waals surface area (Å²) in [5.41, 5.74) is 1.65. The van der Waals surface area contributed by atoms with Gasteiger partial charge in [0, 0.05) is 10.1 Å². The van der Waals surface area contributed by atoms with Crippen LogP contribution in [0.1, 0.15) is 51.8 Å². The number of aliphatic imine (C=N–C) groups is 1. The standard InChI is InChI=1S/C22H31N2O7P/c1-12(2)30-22(28)16(6)24-32(29)31-17-9-8-13(3)18(10-17)21(27)19(14(4)11-25)20(26)15(5)23-7/h8-10,12,16,21,25,27H,7,11H2,1-6H3,(H-,24,26,29)/p+1/b19-14-,20-15+/t16-,21?/m0/s1. The van der Waals surface area contributed by atoms with Crippen molar-refractivity contribution >= 4 is 20.9 Å². The van der Waals surface area contributed by atoms with Crippen LogP contribution in [-0.2, 0) is 14.1 Å². The Morgan fingerprint density at radius 1 is 1.28 bits per heavy atom. The van der Waals surface area contributed by atoms with Crippen LogP contribution in [0.4, 0.5) is 0 Å². The first-order valence-electron chi connectivity index (χ1n) is 10.0. The maximum absolute atomic E-state index is 12.3. The van der Waals surface area contributed by atoms with Gasteiger partial charge in [0.15, 0.2) is 5.75 Å². The molecule has 10 heteroatoms. The van der Waals surface area contributed by atoms with Gasteiger partial charge in [-0.3, -0.25) is 9.79 Å². The molecule has 1 aromatic rings. The number of allylic oxidation sites excluding steroid dienone is 1. The highest BCUT2D eigenvalue weighted by Crippen LogP contribution is 2.35. The number of carbonyl (C=O) groups is 1. The Bertz CT molecular complexity index is 925. The summed E-state index contributed by atoms with van der Waals surface area (Å²) < 4.78 is 22.8. The molecule has 0 fully saturated rings. The Kier molecular flexibility index (Phi) is 10.7. The first-order chi connectivity index (χ1) is 14.9. The summed E-state index contributed by atoms with van der Waals surface area (Å²) in [6.45, 7) is 12.7. The number of benzene rings is 1. The Balaban J connectivity index is 3.17. The lowest BCUT2D eigenvalue weighted by Crippen LogP contribution is -2.33. The second-order valence-electron chi connectivity index (χ2n) is 7.55. The summed E-state index contributed by atoms with van der Waals surface area (Å²) in [7, 11) is -2.47. The Labute approximate surface area is 189 Å². The average Bonchev–Trinajstić information content (AvgIpc) is 2.73. The van der Waals surface area contributed by atoms with Crippen molar-refractivity contribution in [3.05, 3.63) is 51.9 Å². The lowest BCUT2D eigenvalue weighted by molar-refractivity contribution is -0.148. The van der Waals surface area contributed by atoms with Gasteiger partial charge in [0.25, 0.3) is 0 Å². The molecule has 1 aromatic carbocycles. The predicted octanol–water partition coefficient (Wildman–Crippen LogP) is 3.79. The fourth-order valence-electron chi connectivity index (χ4n) is 2.71. The minimum absolute atomic E-state index is 0.0882. The van der Waals surface area contributed by atoms with Crippen molar-refractivity contribution in [2.24, 2.45) is 4.99 Å². The Hall–Kier alpha value is -2.58. The number of hydrogen-bond donors (Lipinski definition) is 4. The molecule has 0 bridgehead atoms. The van der Waals surface area contributed by atoms with E-state index in [0.717, 1.165) is 0 Å². The van der Waals surface area contributed by atoms with Gasteiger partial charge < -0.3 is 20.1 Å². The molecule has 0 aliphatic carbocycles. The molecule has 0 aliphatic rings. The van der Waals surface area contributed by atoms with E-state index in [1.807, 2.05) is 0 Å². The number of esters is 1. The van der Waals surface area contributed by atoms with Crippen LogP contribution in [0.2, 0.25) is 0 Å². The number of ether oxygens (including phenoxy) is 1. The van der Waals surface area contributed by atoms with Crippen molar-refractivity contribution in [1.29, 1.82) is 0 Å². The van der Waals surface area contributed by atoms with E-state index >= 15 is 0 Å². The van der Waals surface area contributed by atoms with E-state index in [1.54, 1.807) is 39.8 Å². The van der Waals surface area contributed by atoms with Crippen molar-refractivity contribution in [1.82, 2.24) is 5.09 Å². The maximum Gasteiger partial charge on any atom is 0.664 e. The number of aryl methyl sites for hydroxylation is 1. The van der Waals surface area contributed by atoms with Gasteiger partial charge >= 0.3 is 14.1 Å². The Morgan fingerprint density at radius 3 is 2.44 bits per heavy atom. The topological polar surface area (TPSA) is 138 Å². The monoisotopic (exact) mass is 467 g/mol. The third kappa shape index (κ3) is 7.53. The van der Waals surface area contributed by atoms with Gasteiger partial charge in [-0.25, -0.2) is 4.52 Å². The van der Waals surface area contributed by atoms with Crippen molar-refractivity contribution in [3.8, 4) is 5.75 Å². The minimum Gasteiger partial charge on any atom is -0.506 e. The second kappa shape index (κ2) is 12.5. The van der Waals surface area contributed by atoms with E-state index in [1.165, 1.54) is 19.9 Å². The summed E-state index contributed by atoms with van der Waals surface area (Å²) in [6, 6.07) is 3.83. The molecule has 176 valence electrons. The molecule has 2 unspecified atom stereocenters. The van der Waals surface area contributed by atoms with E-state index in [-0.39, 0.29) is 28.9 Å². The van der Waals surface area contributed by atoms with E-state index in [4.69, 9.17) is 9.26 Å². The number of carbonyl (C=O) groups excluding carboxylic acids is 1. The fourth-order valence-corrected chi connectivity index (χ4v) is 3.49. The molecule has 0 aromatic heterocycles. The van der Waals surface area contributed by atoms with Gasteiger partial charge in [-0.15, -0.1) is 0 Å². The summed E-state index contributed by atoms with van der Waals surface area (Å²) in [5.74, 6) is -0.685. The molecule has 0 heterocycles. The summed E-state index contributed by atoms with van der Waals surface area (Å²) in [4.78, 5) is 15.6. The largest absolute Gasteiger partial charge is 0.664 e. The molecule has 0 radical (unpaired) electrons. The number of hydrogen-bond acceptors (Lipinski definition) is 8. The van der Waals surface area contributed by atoms with E-state index in [0.29, 0.717) is 16.7 Å². The first-order valence-corrected chi connectivity index (χ1v) is 11.2. The first kappa shape index (κ1) is 27.5.